The number of benzene rings is 5. The van der Waals surface area contributed by atoms with Crippen molar-refractivity contribution < 1.29 is 0 Å². The molecular formula is C43H27N5. The lowest BCUT2D eigenvalue weighted by molar-refractivity contribution is 1.06. The Labute approximate surface area is 275 Å². The van der Waals surface area contributed by atoms with Crippen molar-refractivity contribution in [2.24, 2.45) is 0 Å². The number of rotatable bonds is 4. The van der Waals surface area contributed by atoms with Crippen LogP contribution in [0.4, 0.5) is 0 Å². The van der Waals surface area contributed by atoms with E-state index in [2.05, 4.69) is 136 Å². The van der Waals surface area contributed by atoms with Gasteiger partial charge in [-0.05, 0) is 70.8 Å². The third-order valence-corrected chi connectivity index (χ3v) is 9.45. The Hall–Kier alpha value is -6.59. The van der Waals surface area contributed by atoms with Crippen molar-refractivity contribution in [3.8, 4) is 39.3 Å². The molecule has 0 saturated carbocycles. The lowest BCUT2D eigenvalue weighted by Crippen LogP contribution is -2.01. The monoisotopic (exact) mass is 613 g/mol. The van der Waals surface area contributed by atoms with Crippen LogP contribution in [0.1, 0.15) is 0 Å². The number of fused-ring (bicyclic) bond motifs is 8. The summed E-state index contributed by atoms with van der Waals surface area (Å²) in [5, 5.41) is 6.75. The highest BCUT2D eigenvalue weighted by Crippen LogP contribution is 2.39. The average Bonchev–Trinajstić information content (AvgIpc) is 3.70. The minimum Gasteiger partial charge on any atom is -0.355 e. The van der Waals surface area contributed by atoms with Gasteiger partial charge in [-0.1, -0.05) is 91.0 Å². The summed E-state index contributed by atoms with van der Waals surface area (Å²) in [4.78, 5) is 18.5. The van der Waals surface area contributed by atoms with Gasteiger partial charge in [0.05, 0.1) is 11.2 Å². The average molecular weight is 614 g/mol. The van der Waals surface area contributed by atoms with Gasteiger partial charge in [-0.2, -0.15) is 0 Å². The molecule has 0 radical (unpaired) electrons. The molecule has 0 aliphatic carbocycles. The molecule has 5 aromatic heterocycles. The van der Waals surface area contributed by atoms with Crippen molar-refractivity contribution >= 4 is 54.5 Å². The van der Waals surface area contributed by atoms with Gasteiger partial charge in [0.15, 0.2) is 0 Å². The van der Waals surface area contributed by atoms with Crippen LogP contribution in [0, 0.1) is 0 Å². The highest BCUT2D eigenvalue weighted by atomic mass is 15.1. The Kier molecular flexibility index (Phi) is 5.81. The molecule has 0 bridgehead atoms. The normalized spacial score (nSPS) is 11.8. The van der Waals surface area contributed by atoms with E-state index in [1.54, 1.807) is 0 Å². The van der Waals surface area contributed by atoms with E-state index in [-0.39, 0.29) is 0 Å². The molecule has 5 heterocycles. The molecular weight excluding hydrogens is 587 g/mol. The van der Waals surface area contributed by atoms with Crippen LogP contribution in [0.3, 0.4) is 0 Å². The van der Waals surface area contributed by atoms with Crippen LogP contribution in [-0.4, -0.2) is 24.5 Å². The van der Waals surface area contributed by atoms with E-state index in [1.807, 2.05) is 36.8 Å². The largest absolute Gasteiger partial charge is 0.355 e. The van der Waals surface area contributed by atoms with Gasteiger partial charge >= 0.3 is 0 Å². The lowest BCUT2D eigenvalue weighted by Gasteiger charge is -2.13. The van der Waals surface area contributed by atoms with E-state index >= 15 is 0 Å². The maximum atomic E-state index is 5.29. The first-order chi connectivity index (χ1) is 23.8. The van der Waals surface area contributed by atoms with Gasteiger partial charge in [-0.3, -0.25) is 9.55 Å². The Morgan fingerprint density at radius 2 is 1.23 bits per heavy atom. The highest BCUT2D eigenvalue weighted by molar-refractivity contribution is 6.20. The summed E-state index contributed by atoms with van der Waals surface area (Å²) in [7, 11) is 0. The maximum absolute atomic E-state index is 5.29. The minimum atomic E-state index is 0.818. The number of nitrogens with zero attached hydrogens (tertiary/aromatic N) is 4. The van der Waals surface area contributed by atoms with Gasteiger partial charge in [-0.15, -0.1) is 0 Å². The molecule has 0 unspecified atom stereocenters. The zero-order valence-electron chi connectivity index (χ0n) is 25.8. The topological polar surface area (TPSA) is 59.4 Å². The summed E-state index contributed by atoms with van der Waals surface area (Å²) in [6.07, 6.45) is 5.73. The van der Waals surface area contributed by atoms with Crippen molar-refractivity contribution in [2.45, 2.75) is 0 Å². The molecule has 48 heavy (non-hydrogen) atoms. The lowest BCUT2D eigenvalue weighted by atomic mass is 10.00. The summed E-state index contributed by atoms with van der Waals surface area (Å²) >= 11 is 0. The van der Waals surface area contributed by atoms with Gasteiger partial charge in [0.25, 0.3) is 0 Å². The molecule has 0 aliphatic heterocycles. The molecule has 0 fully saturated rings. The smallest absolute Gasteiger partial charge is 0.147 e. The fraction of sp³-hybridized carbons (Fsp3) is 0. The summed E-state index contributed by atoms with van der Waals surface area (Å²) in [6, 6.07) is 49.1. The molecule has 224 valence electrons. The molecule has 5 aromatic carbocycles. The fourth-order valence-corrected chi connectivity index (χ4v) is 7.15. The SMILES string of the molecule is c1ccc(-c2cc(-c3ccccc3)nc(-n3c4ccc(-c5ccc6[nH]c7ccccc7c6c5)cc4c4c5cnccc5cnc43)c2)cc1. The minimum absolute atomic E-state index is 0.818. The van der Waals surface area contributed by atoms with E-state index in [4.69, 9.17) is 9.97 Å². The van der Waals surface area contributed by atoms with Crippen molar-refractivity contribution in [3.05, 3.63) is 158 Å². The Balaban J connectivity index is 1.26. The van der Waals surface area contributed by atoms with E-state index in [9.17, 15) is 0 Å². The maximum Gasteiger partial charge on any atom is 0.147 e. The molecule has 0 spiro atoms. The molecule has 0 atom stereocenters. The van der Waals surface area contributed by atoms with Crippen molar-refractivity contribution in [3.63, 3.8) is 0 Å². The van der Waals surface area contributed by atoms with Crippen molar-refractivity contribution in [1.82, 2.24) is 24.5 Å². The van der Waals surface area contributed by atoms with Crippen LogP contribution >= 0.6 is 0 Å². The Bertz CT molecular complexity index is 2770. The number of nitrogens with one attached hydrogen (secondary N) is 1. The first kappa shape index (κ1) is 26.6. The Morgan fingerprint density at radius 1 is 0.500 bits per heavy atom. The Morgan fingerprint density at radius 3 is 2.08 bits per heavy atom. The predicted octanol–water partition coefficient (Wildman–Crippen LogP) is 10.8. The second-order valence-electron chi connectivity index (χ2n) is 12.2. The summed E-state index contributed by atoms with van der Waals surface area (Å²) in [5.74, 6) is 0.818. The van der Waals surface area contributed by atoms with Gasteiger partial charge < -0.3 is 4.98 Å². The molecule has 5 heteroatoms. The van der Waals surface area contributed by atoms with Gasteiger partial charge in [-0.25, -0.2) is 9.97 Å². The zero-order valence-corrected chi connectivity index (χ0v) is 25.8. The number of para-hydroxylation sites is 1. The quantitative estimate of drug-likeness (QED) is 0.215. The van der Waals surface area contributed by atoms with Crippen LogP contribution in [0.25, 0.3) is 93.8 Å². The molecule has 1 N–H and O–H groups in total. The van der Waals surface area contributed by atoms with Crippen LogP contribution in [-0.2, 0) is 0 Å². The van der Waals surface area contributed by atoms with E-state index in [0.29, 0.717) is 0 Å². The third kappa shape index (κ3) is 4.15. The molecule has 10 rings (SSSR count). The molecule has 10 aromatic rings. The van der Waals surface area contributed by atoms with Crippen LogP contribution in [0.2, 0.25) is 0 Å². The number of hydrogen-bond acceptors (Lipinski definition) is 3. The van der Waals surface area contributed by atoms with Crippen molar-refractivity contribution in [1.29, 1.82) is 0 Å². The number of H-pyrrole nitrogens is 1. The molecule has 0 saturated heterocycles. The van der Waals surface area contributed by atoms with Gasteiger partial charge in [0.1, 0.15) is 11.5 Å². The van der Waals surface area contributed by atoms with Gasteiger partial charge in [0, 0.05) is 67.5 Å². The zero-order chi connectivity index (χ0) is 31.6. The number of hydrogen-bond donors (Lipinski definition) is 1. The van der Waals surface area contributed by atoms with Crippen LogP contribution in [0.15, 0.2) is 158 Å². The van der Waals surface area contributed by atoms with Gasteiger partial charge in [0.2, 0.25) is 0 Å². The van der Waals surface area contributed by atoms with E-state index < -0.39 is 0 Å². The summed E-state index contributed by atoms with van der Waals surface area (Å²) in [6.45, 7) is 0. The summed E-state index contributed by atoms with van der Waals surface area (Å²) in [5.41, 5.74) is 10.7. The molecule has 0 aliphatic rings. The van der Waals surface area contributed by atoms with E-state index in [0.717, 1.165) is 83.1 Å². The third-order valence-electron chi connectivity index (χ3n) is 9.45. The second kappa shape index (κ2) is 10.5. The number of aromatic amines is 1. The molecule has 5 nitrogen and oxygen atoms in total. The first-order valence-electron chi connectivity index (χ1n) is 16.1. The number of aromatic nitrogens is 5. The predicted molar refractivity (Wildman–Crippen MR) is 197 cm³/mol. The fourth-order valence-electron chi connectivity index (χ4n) is 7.15. The van der Waals surface area contributed by atoms with Crippen LogP contribution < -0.4 is 0 Å². The highest BCUT2D eigenvalue weighted by Gasteiger charge is 2.20. The first-order valence-corrected chi connectivity index (χ1v) is 16.1. The van der Waals surface area contributed by atoms with Crippen molar-refractivity contribution in [2.75, 3.05) is 0 Å². The molecule has 0 amide bonds. The van der Waals surface area contributed by atoms with Crippen LogP contribution in [0.5, 0.6) is 0 Å². The summed E-state index contributed by atoms with van der Waals surface area (Å²) < 4.78 is 2.21. The second-order valence-corrected chi connectivity index (χ2v) is 12.2. The standard InChI is InChI=1S/C43H27N5/c1-3-9-27(10-4-1)32-23-39(28-11-5-2-6-12-28)47-41(24-32)48-40-18-16-30(22-35(40)42-36-26-44-20-19-31(36)25-45-43(42)48)29-15-17-38-34(21-29)33-13-7-8-14-37(33)46-38/h1-26,46H. The number of pyridine rings is 3. The van der Waals surface area contributed by atoms with E-state index in [1.165, 1.54) is 10.8 Å².